The smallest absolute Gasteiger partial charge is 0.218 e. The van der Waals surface area contributed by atoms with Crippen LogP contribution >= 0.6 is 0 Å². The maximum atomic E-state index is 11.6. The second kappa shape index (κ2) is 11.9. The van der Waals surface area contributed by atoms with Crippen LogP contribution < -0.4 is 4.90 Å². The molecule has 2 aromatic carbocycles. The van der Waals surface area contributed by atoms with Gasteiger partial charge in [0.25, 0.3) is 0 Å². The van der Waals surface area contributed by atoms with Crippen molar-refractivity contribution in [3.8, 4) is 0 Å². The Morgan fingerprint density at radius 3 is 2.50 bits per heavy atom. The lowest BCUT2D eigenvalue weighted by atomic mass is 9.96. The summed E-state index contributed by atoms with van der Waals surface area (Å²) >= 11 is 0. The summed E-state index contributed by atoms with van der Waals surface area (Å²) in [6.07, 6.45) is 8.22. The van der Waals surface area contributed by atoms with Crippen molar-refractivity contribution in [2.24, 2.45) is 5.92 Å². The molecule has 0 fully saturated rings. The van der Waals surface area contributed by atoms with Gasteiger partial charge in [0.05, 0.1) is 11.8 Å². The van der Waals surface area contributed by atoms with Crippen LogP contribution in [0, 0.1) is 5.92 Å². The molecule has 7 heteroatoms. The summed E-state index contributed by atoms with van der Waals surface area (Å²) in [6.45, 7) is 2.93. The van der Waals surface area contributed by atoms with Gasteiger partial charge in [-0.15, -0.1) is 5.10 Å². The number of carbonyl (C=O) groups is 1. The standard InChI is InChI=1S/C25H30N4O3/c1-20(8-6-7-16-28-18-22(15-17-30)26-27-28)25(32-2)21-11-13-24(14-12-21)29(19-31)23-9-4-3-5-10-23/h3-6,8-14,18-20,25,30H,7,15-17H2,1-2H3/b8-6+/t20-,25+/m1/s1. The van der Waals surface area contributed by atoms with Crippen LogP contribution in [0.3, 0.4) is 0 Å². The van der Waals surface area contributed by atoms with E-state index in [-0.39, 0.29) is 18.6 Å². The summed E-state index contributed by atoms with van der Waals surface area (Å²) < 4.78 is 7.56. The second-order valence-electron chi connectivity index (χ2n) is 7.58. The van der Waals surface area contributed by atoms with E-state index in [1.54, 1.807) is 16.7 Å². The van der Waals surface area contributed by atoms with Gasteiger partial charge in [-0.2, -0.15) is 0 Å². The number of aliphatic hydroxyl groups is 1. The fourth-order valence-corrected chi connectivity index (χ4v) is 3.63. The molecule has 0 spiro atoms. The zero-order valence-corrected chi connectivity index (χ0v) is 18.5. The van der Waals surface area contributed by atoms with Gasteiger partial charge in [0.15, 0.2) is 0 Å². The topological polar surface area (TPSA) is 80.5 Å². The Kier molecular flexibility index (Phi) is 8.71. The zero-order valence-electron chi connectivity index (χ0n) is 18.5. The molecule has 0 aliphatic rings. The number of para-hydroxylation sites is 1. The summed E-state index contributed by atoms with van der Waals surface area (Å²) in [5.41, 5.74) is 3.48. The normalized spacial score (nSPS) is 13.2. The number of aliphatic hydroxyl groups excluding tert-OH is 1. The number of carbonyl (C=O) groups excluding carboxylic acids is 1. The van der Waals surface area contributed by atoms with Crippen LogP contribution in [0.2, 0.25) is 0 Å². The molecular weight excluding hydrogens is 404 g/mol. The van der Waals surface area contributed by atoms with Crippen LogP contribution in [-0.4, -0.2) is 40.2 Å². The summed E-state index contributed by atoms with van der Waals surface area (Å²) in [5.74, 6) is 0.169. The quantitative estimate of drug-likeness (QED) is 0.343. The van der Waals surface area contributed by atoms with Gasteiger partial charge in [0, 0.05) is 50.2 Å². The van der Waals surface area contributed by atoms with Gasteiger partial charge in [0.1, 0.15) is 0 Å². The number of ether oxygens (including phenoxy) is 1. The van der Waals surface area contributed by atoms with E-state index in [9.17, 15) is 4.79 Å². The number of nitrogens with zero attached hydrogens (tertiary/aromatic N) is 4. The minimum absolute atomic E-state index is 0.0783. The van der Waals surface area contributed by atoms with Crippen molar-refractivity contribution >= 4 is 17.8 Å². The summed E-state index contributed by atoms with van der Waals surface area (Å²) in [5, 5.41) is 17.1. The van der Waals surface area contributed by atoms with Crippen LogP contribution in [0.1, 0.15) is 30.7 Å². The van der Waals surface area contributed by atoms with E-state index >= 15 is 0 Å². The Morgan fingerprint density at radius 1 is 1.12 bits per heavy atom. The predicted molar refractivity (Wildman–Crippen MR) is 125 cm³/mol. The third kappa shape index (κ3) is 6.12. The third-order valence-corrected chi connectivity index (χ3v) is 5.29. The molecular formula is C25H30N4O3. The lowest BCUT2D eigenvalue weighted by Gasteiger charge is -2.22. The number of aromatic nitrogens is 3. The largest absolute Gasteiger partial charge is 0.396 e. The predicted octanol–water partition coefficient (Wildman–Crippen LogP) is 4.08. The van der Waals surface area contributed by atoms with Crippen molar-refractivity contribution in [2.75, 3.05) is 18.6 Å². The Hall–Kier alpha value is -3.29. The van der Waals surface area contributed by atoms with E-state index in [2.05, 4.69) is 29.4 Å². The van der Waals surface area contributed by atoms with Gasteiger partial charge in [-0.25, -0.2) is 0 Å². The molecule has 0 bridgehead atoms. The highest BCUT2D eigenvalue weighted by Gasteiger charge is 2.17. The van der Waals surface area contributed by atoms with Crippen LogP contribution in [-0.2, 0) is 22.5 Å². The van der Waals surface area contributed by atoms with E-state index in [0.717, 1.165) is 42.0 Å². The molecule has 0 saturated carbocycles. The lowest BCUT2D eigenvalue weighted by molar-refractivity contribution is -0.106. The van der Waals surface area contributed by atoms with Crippen LogP contribution in [0.5, 0.6) is 0 Å². The third-order valence-electron chi connectivity index (χ3n) is 5.29. The fraction of sp³-hybridized carbons (Fsp3) is 0.320. The zero-order chi connectivity index (χ0) is 22.8. The molecule has 7 nitrogen and oxygen atoms in total. The van der Waals surface area contributed by atoms with Gasteiger partial charge >= 0.3 is 0 Å². The van der Waals surface area contributed by atoms with Gasteiger partial charge < -0.3 is 9.84 Å². The number of anilines is 2. The molecule has 2 atom stereocenters. The van der Waals surface area contributed by atoms with Crippen molar-refractivity contribution in [3.05, 3.63) is 84.2 Å². The first-order chi connectivity index (χ1) is 15.7. The minimum atomic E-state index is -0.0933. The molecule has 0 aliphatic heterocycles. The molecule has 1 heterocycles. The molecule has 32 heavy (non-hydrogen) atoms. The molecule has 168 valence electrons. The van der Waals surface area contributed by atoms with Gasteiger partial charge in [-0.3, -0.25) is 14.4 Å². The molecule has 0 aliphatic carbocycles. The molecule has 1 N–H and O–H groups in total. The van der Waals surface area contributed by atoms with Crippen molar-refractivity contribution in [1.82, 2.24) is 15.0 Å². The Balaban J connectivity index is 1.60. The highest BCUT2D eigenvalue weighted by molar-refractivity contribution is 5.86. The number of aryl methyl sites for hydroxylation is 1. The van der Waals surface area contributed by atoms with Crippen LogP contribution in [0.15, 0.2) is 72.9 Å². The fourth-order valence-electron chi connectivity index (χ4n) is 3.63. The van der Waals surface area contributed by atoms with E-state index in [1.807, 2.05) is 60.8 Å². The average Bonchev–Trinajstić information content (AvgIpc) is 3.27. The van der Waals surface area contributed by atoms with E-state index in [1.165, 1.54) is 0 Å². The second-order valence-corrected chi connectivity index (χ2v) is 7.58. The van der Waals surface area contributed by atoms with Crippen molar-refractivity contribution in [2.45, 2.75) is 32.4 Å². The Morgan fingerprint density at radius 2 is 1.84 bits per heavy atom. The molecule has 0 radical (unpaired) electrons. The van der Waals surface area contributed by atoms with Crippen molar-refractivity contribution in [1.29, 1.82) is 0 Å². The van der Waals surface area contributed by atoms with Crippen LogP contribution in [0.4, 0.5) is 11.4 Å². The molecule has 3 aromatic rings. The molecule has 0 saturated heterocycles. The molecule has 0 unspecified atom stereocenters. The number of allylic oxidation sites excluding steroid dienone is 1. The average molecular weight is 435 g/mol. The van der Waals surface area contributed by atoms with E-state index in [4.69, 9.17) is 9.84 Å². The highest BCUT2D eigenvalue weighted by Crippen LogP contribution is 2.30. The Bertz CT molecular complexity index is 986. The van der Waals surface area contributed by atoms with Gasteiger partial charge in [0.2, 0.25) is 6.41 Å². The maximum Gasteiger partial charge on any atom is 0.218 e. The van der Waals surface area contributed by atoms with Gasteiger partial charge in [-0.1, -0.05) is 54.6 Å². The van der Waals surface area contributed by atoms with Crippen molar-refractivity contribution in [3.63, 3.8) is 0 Å². The number of rotatable bonds is 12. The number of benzene rings is 2. The molecule has 1 aromatic heterocycles. The molecule has 1 amide bonds. The van der Waals surface area contributed by atoms with Crippen LogP contribution in [0.25, 0.3) is 0 Å². The minimum Gasteiger partial charge on any atom is -0.396 e. The first-order valence-electron chi connectivity index (χ1n) is 10.7. The first-order valence-corrected chi connectivity index (χ1v) is 10.7. The van der Waals surface area contributed by atoms with E-state index < -0.39 is 0 Å². The highest BCUT2D eigenvalue weighted by atomic mass is 16.5. The Labute approximate surface area is 188 Å². The lowest BCUT2D eigenvalue weighted by Crippen LogP contribution is -2.14. The number of methoxy groups -OCH3 is 1. The number of hydrogen-bond acceptors (Lipinski definition) is 5. The SMILES string of the molecule is CO[C@H](c1ccc(N(C=O)c2ccccc2)cc1)[C@H](C)/C=C/CCn1cc(CCO)nn1. The summed E-state index contributed by atoms with van der Waals surface area (Å²) in [4.78, 5) is 13.3. The maximum absolute atomic E-state index is 11.6. The molecule has 3 rings (SSSR count). The monoisotopic (exact) mass is 434 g/mol. The first kappa shape index (κ1) is 23.4. The van der Waals surface area contributed by atoms with Crippen molar-refractivity contribution < 1.29 is 14.6 Å². The van der Waals surface area contributed by atoms with Gasteiger partial charge in [-0.05, 0) is 36.2 Å². The number of amides is 1. The van der Waals surface area contributed by atoms with E-state index in [0.29, 0.717) is 6.42 Å². The number of hydrogen-bond donors (Lipinski definition) is 1. The summed E-state index contributed by atoms with van der Waals surface area (Å²) in [6, 6.07) is 17.4. The summed E-state index contributed by atoms with van der Waals surface area (Å²) in [7, 11) is 1.71.